The summed E-state index contributed by atoms with van der Waals surface area (Å²) < 4.78 is 33.4. The molecule has 0 aromatic heterocycles. The van der Waals surface area contributed by atoms with E-state index in [1.165, 1.54) is 167 Å². The first-order valence-corrected chi connectivity index (χ1v) is 25.2. The molecule has 0 saturated carbocycles. The zero-order valence-corrected chi connectivity index (χ0v) is 37.5. The largest absolute Gasteiger partial charge is 0.472 e. The molecule has 0 aliphatic rings. The molecule has 334 valence electrons. The maximum atomic E-state index is 12.6. The van der Waals surface area contributed by atoms with Gasteiger partial charge in [0.05, 0.1) is 26.4 Å². The Bertz CT molecular complexity index is 887. The number of allylic oxidation sites excluding steroid dienone is 2. The molecule has 9 nitrogen and oxygen atoms in total. The summed E-state index contributed by atoms with van der Waals surface area (Å²) in [6.07, 6.45) is 44.7. The fourth-order valence-corrected chi connectivity index (χ4v) is 7.60. The predicted octanol–water partition coefficient (Wildman–Crippen LogP) is 13.3. The quantitative estimate of drug-likeness (QED) is 0.0238. The van der Waals surface area contributed by atoms with E-state index in [4.69, 9.17) is 23.6 Å². The zero-order valence-electron chi connectivity index (χ0n) is 36.6. The second kappa shape index (κ2) is 43.8. The van der Waals surface area contributed by atoms with E-state index in [0.29, 0.717) is 6.61 Å². The minimum absolute atomic E-state index is 0.0504. The number of phosphoric ester groups is 1. The number of rotatable bonds is 46. The van der Waals surface area contributed by atoms with E-state index in [9.17, 15) is 19.4 Å². The number of carbonyl (C=O) groups excluding carboxylic acids is 1. The molecule has 0 fully saturated rings. The van der Waals surface area contributed by atoms with Crippen molar-refractivity contribution in [2.45, 2.75) is 244 Å². The zero-order chi connectivity index (χ0) is 41.1. The number of ether oxygens (including phenoxy) is 2. The third-order valence-electron chi connectivity index (χ3n) is 10.5. The van der Waals surface area contributed by atoms with E-state index >= 15 is 0 Å². The molecule has 3 N–H and O–H groups in total. The van der Waals surface area contributed by atoms with Gasteiger partial charge in [0.25, 0.3) is 0 Å². The highest BCUT2D eigenvalue weighted by Gasteiger charge is 2.26. The van der Waals surface area contributed by atoms with Gasteiger partial charge >= 0.3 is 13.8 Å². The first-order chi connectivity index (χ1) is 27.3. The van der Waals surface area contributed by atoms with Crippen LogP contribution >= 0.6 is 7.82 Å². The molecular formula is C46H91O9P. The second-order valence-corrected chi connectivity index (χ2v) is 17.6. The van der Waals surface area contributed by atoms with Crippen LogP contribution in [0.4, 0.5) is 0 Å². The fourth-order valence-electron chi connectivity index (χ4n) is 6.81. The molecule has 0 bridgehead atoms. The molecule has 0 saturated heterocycles. The lowest BCUT2D eigenvalue weighted by atomic mass is 10.0. The van der Waals surface area contributed by atoms with Crippen LogP contribution in [0.3, 0.4) is 0 Å². The number of unbranched alkanes of at least 4 members (excludes halogenated alkanes) is 30. The van der Waals surface area contributed by atoms with Gasteiger partial charge in [0.1, 0.15) is 12.2 Å². The van der Waals surface area contributed by atoms with Crippen LogP contribution in [0, 0.1) is 0 Å². The summed E-state index contributed by atoms with van der Waals surface area (Å²) in [5, 5.41) is 18.4. The summed E-state index contributed by atoms with van der Waals surface area (Å²) in [5.74, 6) is -0.379. The molecule has 0 aromatic carbocycles. The van der Waals surface area contributed by atoms with E-state index in [0.717, 1.165) is 44.9 Å². The lowest BCUT2D eigenvalue weighted by molar-refractivity contribution is -0.154. The summed E-state index contributed by atoms with van der Waals surface area (Å²) in [5.41, 5.74) is 0. The summed E-state index contributed by atoms with van der Waals surface area (Å²) in [6, 6.07) is 0. The minimum Gasteiger partial charge on any atom is -0.457 e. The third kappa shape index (κ3) is 42.8. The van der Waals surface area contributed by atoms with Gasteiger partial charge in [-0.05, 0) is 32.1 Å². The number of carbonyl (C=O) groups is 1. The van der Waals surface area contributed by atoms with Gasteiger partial charge in [-0.3, -0.25) is 13.8 Å². The maximum absolute atomic E-state index is 12.6. The molecule has 0 rings (SSSR count). The number of esters is 1. The molecule has 3 unspecified atom stereocenters. The molecule has 56 heavy (non-hydrogen) atoms. The predicted molar refractivity (Wildman–Crippen MR) is 233 cm³/mol. The van der Waals surface area contributed by atoms with Crippen molar-refractivity contribution in [3.05, 3.63) is 12.2 Å². The smallest absolute Gasteiger partial charge is 0.457 e. The van der Waals surface area contributed by atoms with Crippen molar-refractivity contribution in [2.24, 2.45) is 0 Å². The second-order valence-electron chi connectivity index (χ2n) is 16.1. The number of hydrogen-bond donors (Lipinski definition) is 3. The van der Waals surface area contributed by atoms with Crippen LogP contribution in [0.5, 0.6) is 0 Å². The normalized spacial score (nSPS) is 14.0. The minimum atomic E-state index is -4.51. The van der Waals surface area contributed by atoms with Gasteiger partial charge in [0.15, 0.2) is 0 Å². The van der Waals surface area contributed by atoms with E-state index in [1.54, 1.807) is 0 Å². The molecular weight excluding hydrogens is 727 g/mol. The van der Waals surface area contributed by atoms with E-state index < -0.39 is 33.2 Å². The summed E-state index contributed by atoms with van der Waals surface area (Å²) >= 11 is 0. The third-order valence-corrected chi connectivity index (χ3v) is 11.4. The van der Waals surface area contributed by atoms with Gasteiger partial charge in [-0.25, -0.2) is 4.57 Å². The molecule has 0 spiro atoms. The van der Waals surface area contributed by atoms with Crippen molar-refractivity contribution in [1.82, 2.24) is 0 Å². The Morgan fingerprint density at radius 1 is 0.536 bits per heavy atom. The Morgan fingerprint density at radius 3 is 1.39 bits per heavy atom. The number of aliphatic hydroxyl groups is 2. The van der Waals surface area contributed by atoms with Gasteiger partial charge in [-0.15, -0.1) is 0 Å². The van der Waals surface area contributed by atoms with Crippen molar-refractivity contribution in [3.63, 3.8) is 0 Å². The van der Waals surface area contributed by atoms with Crippen molar-refractivity contribution >= 4 is 13.8 Å². The highest BCUT2D eigenvalue weighted by molar-refractivity contribution is 7.47. The van der Waals surface area contributed by atoms with Crippen molar-refractivity contribution < 1.29 is 43.0 Å². The van der Waals surface area contributed by atoms with Crippen molar-refractivity contribution in [2.75, 3.05) is 33.0 Å². The van der Waals surface area contributed by atoms with Gasteiger partial charge < -0.3 is 24.6 Å². The first kappa shape index (κ1) is 55.2. The maximum Gasteiger partial charge on any atom is 0.472 e. The van der Waals surface area contributed by atoms with Gasteiger partial charge in [-0.2, -0.15) is 0 Å². The van der Waals surface area contributed by atoms with Gasteiger partial charge in [0, 0.05) is 13.0 Å². The van der Waals surface area contributed by atoms with Gasteiger partial charge in [-0.1, -0.05) is 206 Å². The van der Waals surface area contributed by atoms with Crippen molar-refractivity contribution in [3.8, 4) is 0 Å². The molecule has 0 aliphatic carbocycles. The standard InChI is InChI=1S/C46H91O9P/c1-3-5-7-9-11-13-15-17-18-19-20-21-22-23-24-25-26-27-28-30-32-34-36-38-46(49)55-45(43-54-56(50,51)53-41-44(48)40-47)42-52-39-37-35-33-31-29-16-14-12-10-8-6-4-2/h10,12,44-45,47-48H,3-9,11,13-43H2,1-2H3,(H,50,51)/b12-10-. The molecule has 0 radical (unpaired) electrons. The molecule has 0 aliphatic heterocycles. The highest BCUT2D eigenvalue weighted by atomic mass is 31.2. The lowest BCUT2D eigenvalue weighted by Crippen LogP contribution is -2.29. The molecule has 0 aromatic rings. The van der Waals surface area contributed by atoms with Crippen LogP contribution in [-0.4, -0.2) is 66.3 Å². The number of phosphoric acid groups is 1. The Balaban J connectivity index is 4.00. The monoisotopic (exact) mass is 819 g/mol. The van der Waals surface area contributed by atoms with E-state index in [-0.39, 0.29) is 25.6 Å². The Hall–Kier alpha value is -0.800. The first-order valence-electron chi connectivity index (χ1n) is 23.7. The molecule has 10 heteroatoms. The fraction of sp³-hybridized carbons (Fsp3) is 0.935. The van der Waals surface area contributed by atoms with Crippen LogP contribution in [0.15, 0.2) is 12.2 Å². The lowest BCUT2D eigenvalue weighted by Gasteiger charge is -2.20. The Kier molecular flexibility index (Phi) is 43.1. The topological polar surface area (TPSA) is 132 Å². The van der Waals surface area contributed by atoms with Crippen LogP contribution in [0.1, 0.15) is 232 Å². The van der Waals surface area contributed by atoms with E-state index in [2.05, 4.69) is 26.0 Å². The Labute approximate surface area is 345 Å². The molecule has 0 amide bonds. The van der Waals surface area contributed by atoms with E-state index in [1.807, 2.05) is 0 Å². The average molecular weight is 819 g/mol. The van der Waals surface area contributed by atoms with Crippen molar-refractivity contribution in [1.29, 1.82) is 0 Å². The van der Waals surface area contributed by atoms with Crippen LogP contribution < -0.4 is 0 Å². The Morgan fingerprint density at radius 2 is 0.929 bits per heavy atom. The van der Waals surface area contributed by atoms with Crippen LogP contribution in [0.2, 0.25) is 0 Å². The number of aliphatic hydroxyl groups excluding tert-OH is 2. The SMILES string of the molecule is CCCC/C=C\CCCCCCCCOCC(COP(=O)(O)OCC(O)CO)OC(=O)CCCCCCCCCCCCCCCCCCCCCCCCC. The number of hydrogen-bond acceptors (Lipinski definition) is 8. The van der Waals surface area contributed by atoms with Crippen LogP contribution in [-0.2, 0) is 27.9 Å². The molecule has 3 atom stereocenters. The van der Waals surface area contributed by atoms with Gasteiger partial charge in [0.2, 0.25) is 0 Å². The summed E-state index contributed by atoms with van der Waals surface area (Å²) in [4.78, 5) is 22.6. The summed E-state index contributed by atoms with van der Waals surface area (Å²) in [7, 11) is -4.51. The summed E-state index contributed by atoms with van der Waals surface area (Å²) in [6.45, 7) is 3.52. The van der Waals surface area contributed by atoms with Crippen LogP contribution in [0.25, 0.3) is 0 Å². The highest BCUT2D eigenvalue weighted by Crippen LogP contribution is 2.43. The average Bonchev–Trinajstić information content (AvgIpc) is 3.19. The molecule has 0 heterocycles.